The Bertz CT molecular complexity index is 925. The minimum atomic E-state index is -1.09. The second-order valence-electron chi connectivity index (χ2n) is 7.18. The zero-order chi connectivity index (χ0) is 21.6. The first kappa shape index (κ1) is 21.4. The molecular weight excluding hydrogens is 394 g/mol. The summed E-state index contributed by atoms with van der Waals surface area (Å²) in [7, 11) is 0. The Hall–Kier alpha value is -3.29. The predicted molar refractivity (Wildman–Crippen MR) is 106 cm³/mol. The second kappa shape index (κ2) is 9.47. The minimum absolute atomic E-state index is 0.284. The number of ether oxygens (including phenoxy) is 1. The van der Waals surface area contributed by atoms with Crippen molar-refractivity contribution in [2.75, 3.05) is 18.5 Å². The lowest BCUT2D eigenvalue weighted by Gasteiger charge is -2.27. The highest BCUT2D eigenvalue weighted by Crippen LogP contribution is 2.43. The van der Waals surface area contributed by atoms with Gasteiger partial charge >= 0.3 is 5.97 Å². The third-order valence-electron chi connectivity index (χ3n) is 5.15. The van der Waals surface area contributed by atoms with Crippen molar-refractivity contribution >= 4 is 23.5 Å². The van der Waals surface area contributed by atoms with Crippen LogP contribution in [-0.4, -0.2) is 30.9 Å². The van der Waals surface area contributed by atoms with Crippen molar-refractivity contribution in [1.82, 2.24) is 5.32 Å². The van der Waals surface area contributed by atoms with E-state index in [0.717, 1.165) is 12.8 Å². The topological polar surface area (TPSA) is 84.5 Å². The van der Waals surface area contributed by atoms with Gasteiger partial charge in [0.15, 0.2) is 6.61 Å². The normalized spacial score (nSPS) is 14.7. The van der Waals surface area contributed by atoms with Crippen LogP contribution < -0.4 is 10.6 Å². The zero-order valence-electron chi connectivity index (χ0n) is 16.3. The summed E-state index contributed by atoms with van der Waals surface area (Å²) in [6.45, 7) is -0.912. The summed E-state index contributed by atoms with van der Waals surface area (Å²) in [5.74, 6) is -2.72. The lowest BCUT2D eigenvalue weighted by molar-refractivity contribution is -0.154. The van der Waals surface area contributed by atoms with Crippen LogP contribution in [0, 0.1) is 11.6 Å². The SMILES string of the molecule is O=C(COC(=O)C1(c2ccccc2F)CCCC1)NCC(=O)Nc1ccc(F)cc1. The van der Waals surface area contributed by atoms with Crippen LogP contribution in [0.15, 0.2) is 48.5 Å². The van der Waals surface area contributed by atoms with Crippen LogP contribution in [0.25, 0.3) is 0 Å². The number of halogens is 2. The molecule has 1 saturated carbocycles. The van der Waals surface area contributed by atoms with Crippen LogP contribution in [0.1, 0.15) is 31.2 Å². The van der Waals surface area contributed by atoms with E-state index in [1.807, 2.05) is 0 Å². The fraction of sp³-hybridized carbons (Fsp3) is 0.318. The molecule has 1 aliphatic carbocycles. The standard InChI is InChI=1S/C22H22F2N2O4/c23-15-7-9-16(10-8-15)26-19(27)13-25-20(28)14-30-21(29)22(11-3-4-12-22)17-5-1-2-6-18(17)24/h1-2,5-10H,3-4,11-14H2,(H,25,28)(H,26,27). The van der Waals surface area contributed by atoms with Crippen molar-refractivity contribution in [3.63, 3.8) is 0 Å². The summed E-state index contributed by atoms with van der Waals surface area (Å²) in [5.41, 5.74) is -0.423. The van der Waals surface area contributed by atoms with E-state index >= 15 is 0 Å². The number of hydrogen-bond donors (Lipinski definition) is 2. The molecule has 0 aromatic heterocycles. The van der Waals surface area contributed by atoms with Gasteiger partial charge in [0.1, 0.15) is 11.6 Å². The molecule has 3 rings (SSSR count). The molecule has 0 radical (unpaired) electrons. The highest BCUT2D eigenvalue weighted by atomic mass is 19.1. The van der Waals surface area contributed by atoms with Crippen molar-refractivity contribution < 1.29 is 27.9 Å². The number of anilines is 1. The molecule has 30 heavy (non-hydrogen) atoms. The average Bonchev–Trinajstić information content (AvgIpc) is 3.23. The molecule has 0 saturated heterocycles. The third kappa shape index (κ3) is 5.00. The Kier molecular flexibility index (Phi) is 6.76. The van der Waals surface area contributed by atoms with Crippen LogP contribution in [0.5, 0.6) is 0 Å². The first-order valence-corrected chi connectivity index (χ1v) is 9.65. The van der Waals surface area contributed by atoms with E-state index in [0.29, 0.717) is 18.5 Å². The number of hydrogen-bond acceptors (Lipinski definition) is 4. The van der Waals surface area contributed by atoms with Gasteiger partial charge in [0.05, 0.1) is 12.0 Å². The summed E-state index contributed by atoms with van der Waals surface area (Å²) in [6.07, 6.45) is 2.43. The summed E-state index contributed by atoms with van der Waals surface area (Å²) in [5, 5.41) is 4.85. The summed E-state index contributed by atoms with van der Waals surface area (Å²) >= 11 is 0. The molecule has 2 N–H and O–H groups in total. The molecule has 2 amide bonds. The zero-order valence-corrected chi connectivity index (χ0v) is 16.3. The van der Waals surface area contributed by atoms with Gasteiger partial charge in [-0.25, -0.2) is 8.78 Å². The molecule has 2 aromatic carbocycles. The number of benzene rings is 2. The van der Waals surface area contributed by atoms with Crippen LogP contribution in [0.2, 0.25) is 0 Å². The van der Waals surface area contributed by atoms with Crippen LogP contribution in [0.3, 0.4) is 0 Å². The highest BCUT2D eigenvalue weighted by molar-refractivity contribution is 5.95. The molecule has 0 bridgehead atoms. The minimum Gasteiger partial charge on any atom is -0.455 e. The van der Waals surface area contributed by atoms with Gasteiger partial charge in [-0.2, -0.15) is 0 Å². The molecule has 1 fully saturated rings. The van der Waals surface area contributed by atoms with E-state index in [9.17, 15) is 23.2 Å². The van der Waals surface area contributed by atoms with Crippen molar-refractivity contribution in [3.05, 3.63) is 65.7 Å². The van der Waals surface area contributed by atoms with Crippen LogP contribution in [-0.2, 0) is 24.5 Å². The molecule has 0 heterocycles. The van der Waals surface area contributed by atoms with Crippen LogP contribution >= 0.6 is 0 Å². The number of esters is 1. The number of nitrogens with one attached hydrogen (secondary N) is 2. The third-order valence-corrected chi connectivity index (χ3v) is 5.15. The number of carbonyl (C=O) groups is 3. The van der Waals surface area contributed by atoms with Gasteiger partial charge < -0.3 is 15.4 Å². The van der Waals surface area contributed by atoms with Crippen molar-refractivity contribution in [2.45, 2.75) is 31.1 Å². The molecule has 0 spiro atoms. The molecule has 0 unspecified atom stereocenters. The van der Waals surface area contributed by atoms with Gasteiger partial charge in [-0.05, 0) is 43.2 Å². The van der Waals surface area contributed by atoms with Gasteiger partial charge in [-0.1, -0.05) is 31.0 Å². The maximum Gasteiger partial charge on any atom is 0.317 e. The summed E-state index contributed by atoms with van der Waals surface area (Å²) < 4.78 is 32.3. The van der Waals surface area contributed by atoms with Gasteiger partial charge in [-0.3, -0.25) is 14.4 Å². The molecule has 0 atom stereocenters. The largest absolute Gasteiger partial charge is 0.455 e. The molecule has 158 valence electrons. The molecule has 2 aromatic rings. The molecule has 8 heteroatoms. The van der Waals surface area contributed by atoms with E-state index < -0.39 is 41.4 Å². The Morgan fingerprint density at radius 3 is 2.27 bits per heavy atom. The van der Waals surface area contributed by atoms with Gasteiger partial charge in [0, 0.05) is 11.3 Å². The quantitative estimate of drug-likeness (QED) is 0.680. The fourth-order valence-electron chi connectivity index (χ4n) is 3.65. The lowest BCUT2D eigenvalue weighted by atomic mass is 9.78. The van der Waals surface area contributed by atoms with Crippen LogP contribution in [0.4, 0.5) is 14.5 Å². The first-order chi connectivity index (χ1) is 14.4. The second-order valence-corrected chi connectivity index (χ2v) is 7.18. The lowest BCUT2D eigenvalue weighted by Crippen LogP contribution is -2.40. The van der Waals surface area contributed by atoms with Gasteiger partial charge in [0.2, 0.25) is 5.91 Å². The Morgan fingerprint density at radius 1 is 0.933 bits per heavy atom. The van der Waals surface area contributed by atoms with Crippen molar-refractivity contribution in [3.8, 4) is 0 Å². The average molecular weight is 416 g/mol. The predicted octanol–water partition coefficient (Wildman–Crippen LogP) is 3.07. The molecule has 6 nitrogen and oxygen atoms in total. The van der Waals surface area contributed by atoms with E-state index in [2.05, 4.69) is 10.6 Å². The van der Waals surface area contributed by atoms with E-state index in [4.69, 9.17) is 4.74 Å². The smallest absolute Gasteiger partial charge is 0.317 e. The van der Waals surface area contributed by atoms with Gasteiger partial charge in [-0.15, -0.1) is 0 Å². The van der Waals surface area contributed by atoms with Gasteiger partial charge in [0.25, 0.3) is 5.91 Å². The molecular formula is C22H22F2N2O4. The summed E-state index contributed by atoms with van der Waals surface area (Å²) in [6, 6.07) is 11.3. The fourth-order valence-corrected chi connectivity index (χ4v) is 3.65. The van der Waals surface area contributed by atoms with Crippen molar-refractivity contribution in [2.24, 2.45) is 0 Å². The maximum absolute atomic E-state index is 14.3. The molecule has 0 aliphatic heterocycles. The Labute approximate surface area is 172 Å². The van der Waals surface area contributed by atoms with Crippen molar-refractivity contribution in [1.29, 1.82) is 0 Å². The summed E-state index contributed by atoms with van der Waals surface area (Å²) in [4.78, 5) is 36.6. The van der Waals surface area contributed by atoms with E-state index in [1.54, 1.807) is 18.2 Å². The van der Waals surface area contributed by atoms with E-state index in [1.165, 1.54) is 30.3 Å². The first-order valence-electron chi connectivity index (χ1n) is 9.65. The Balaban J connectivity index is 1.51. The number of amides is 2. The maximum atomic E-state index is 14.3. The van der Waals surface area contributed by atoms with E-state index in [-0.39, 0.29) is 12.1 Å². The molecule has 1 aliphatic rings. The Morgan fingerprint density at radius 2 is 1.60 bits per heavy atom. The number of carbonyl (C=O) groups excluding carboxylic acids is 3. The highest BCUT2D eigenvalue weighted by Gasteiger charge is 2.45. The number of rotatable bonds is 7. The monoisotopic (exact) mass is 416 g/mol.